The van der Waals surface area contributed by atoms with Gasteiger partial charge in [-0.1, -0.05) is 421 Å². The molecule has 12 heteroatoms. The predicted octanol–water partition coefficient (Wildman–Crippen LogP) is 30.8. The lowest BCUT2D eigenvalue weighted by atomic mass is 9.61. The maximum absolute atomic E-state index is 14.8. The minimum Gasteiger partial charge on any atom is -0.275 e. The third-order valence-corrected chi connectivity index (χ3v) is 31.7. The number of fused-ring (bicyclic) bond motifs is 2. The Morgan fingerprint density at radius 1 is 0.260 bits per heavy atom. The maximum atomic E-state index is 14.8. The van der Waals surface area contributed by atoms with E-state index in [1.807, 2.05) is 0 Å². The molecule has 4 heterocycles. The smallest absolute Gasteiger partial charge is 0.262 e. The normalized spacial score (nSPS) is 20.5. The van der Waals surface area contributed by atoms with Crippen molar-refractivity contribution in [1.82, 2.24) is 18.9 Å². The topological polar surface area (TPSA) is 153 Å². The van der Waals surface area contributed by atoms with Crippen LogP contribution in [0.25, 0.3) is 21.5 Å². The Balaban J connectivity index is 0.908. The van der Waals surface area contributed by atoms with E-state index in [0.717, 1.165) is 182 Å². The van der Waals surface area contributed by atoms with E-state index >= 15 is 0 Å². The zero-order valence-electron chi connectivity index (χ0n) is 81.2. The Kier molecular flexibility index (Phi) is 52.8. The third-order valence-electron chi connectivity index (χ3n) is 31.7. The van der Waals surface area contributed by atoms with Gasteiger partial charge in [-0.25, -0.2) is 0 Å². The molecule has 2 aliphatic heterocycles. The van der Waals surface area contributed by atoms with Crippen molar-refractivity contribution in [2.45, 2.75) is 542 Å². The van der Waals surface area contributed by atoms with E-state index in [4.69, 9.17) is 0 Å². The lowest BCUT2D eigenvalue weighted by Gasteiger charge is -2.44. The van der Waals surface area contributed by atoms with Gasteiger partial charge in [0.15, 0.2) is 0 Å². The second kappa shape index (κ2) is 61.7. The van der Waals surface area contributed by atoms with Crippen LogP contribution >= 0.6 is 0 Å². The summed E-state index contributed by atoms with van der Waals surface area (Å²) in [4.78, 5) is 112. The quantitative estimate of drug-likeness (QED) is 0.0400. The van der Waals surface area contributed by atoms with Crippen LogP contribution in [0.2, 0.25) is 0 Å². The van der Waals surface area contributed by atoms with Crippen molar-refractivity contribution >= 4 is 45.2 Å². The van der Waals surface area contributed by atoms with E-state index in [0.29, 0.717) is 13.1 Å². The molecule has 2 saturated carbocycles. The Labute approximate surface area is 752 Å². The summed E-state index contributed by atoms with van der Waals surface area (Å²) in [6.07, 6.45) is 95.9. The number of benzene rings is 1. The molecule has 0 saturated heterocycles. The van der Waals surface area contributed by atoms with Crippen LogP contribution in [0.1, 0.15) is 524 Å². The van der Waals surface area contributed by atoms with Crippen molar-refractivity contribution in [1.29, 1.82) is 0 Å². The highest BCUT2D eigenvalue weighted by atomic mass is 16.2. The molecule has 700 valence electrons. The van der Waals surface area contributed by atoms with E-state index in [1.54, 1.807) is 21.6 Å². The standard InChI is InChI=1S/C111H188N4O8/c1-9-16-22-28-31-40-53-67-91-76-77-93(97(95(91)71-57-44-30-24-18-11-3)73-58-45-34-38-50-64-86-112-102(116)78-79-103(112)117)68-54-41-32-36-48-61-83-110(8,82-60-27-21-14-6)115-108(122)100-88-98-99(89-101(100)109(115)123)107(121)113(106(98)120)87-65-51-39-35-46-59-72-96-92(75-74-90(66-52-26-20-13-5)94(96)70-56-43-29-23-17-10-2)69-55-42-33-37-49-63-85-111(15-7,84-62-47-25-19-12-4)114-104(118)80-81-105(114)119/h78-81,88-97H,9-77,82-87H2,1-8H3. The number of carbonyl (C=O) groups is 4. The Bertz CT molecular complexity index is 3550. The Morgan fingerprint density at radius 2 is 0.496 bits per heavy atom. The highest BCUT2D eigenvalue weighted by molar-refractivity contribution is 6.14. The first-order chi connectivity index (χ1) is 60.1. The first kappa shape index (κ1) is 105. The lowest BCUT2D eigenvalue weighted by molar-refractivity contribution is -0.145. The van der Waals surface area contributed by atoms with E-state index in [9.17, 15) is 38.4 Å². The van der Waals surface area contributed by atoms with Crippen LogP contribution < -0.4 is 22.2 Å². The number of unbranched alkanes of at least 4 members (excludes halogenated alkanes) is 46. The average Bonchev–Trinajstić information content (AvgIpc) is 1.58. The van der Waals surface area contributed by atoms with Crippen LogP contribution in [-0.4, -0.2) is 54.6 Å². The van der Waals surface area contributed by atoms with Crippen molar-refractivity contribution in [3.8, 4) is 0 Å². The Morgan fingerprint density at radius 3 is 0.805 bits per heavy atom. The van der Waals surface area contributed by atoms with E-state index in [1.165, 1.54) is 368 Å². The number of aromatic nitrogens is 2. The maximum Gasteiger partial charge on any atom is 0.262 e. The zero-order chi connectivity index (χ0) is 88.1. The minimum absolute atomic E-state index is 0.117. The lowest BCUT2D eigenvalue weighted by Crippen LogP contribution is -2.51. The summed E-state index contributed by atoms with van der Waals surface area (Å²) in [6.45, 7) is 19.0. The van der Waals surface area contributed by atoms with Crippen molar-refractivity contribution in [3.05, 3.63) is 77.9 Å². The molecular weight excluding hydrogens is 1520 g/mol. The highest BCUT2D eigenvalue weighted by Gasteiger charge is 2.44. The number of rotatable bonds is 77. The fraction of sp³-hybridized carbons (Fsp3) is 0.838. The molecule has 0 bridgehead atoms. The molecule has 2 fully saturated rings. The molecule has 10 atom stereocenters. The van der Waals surface area contributed by atoms with E-state index in [2.05, 4.69) is 55.4 Å². The van der Waals surface area contributed by atoms with Gasteiger partial charge in [0.2, 0.25) is 0 Å². The Hall–Kier alpha value is -4.74. The summed E-state index contributed by atoms with van der Waals surface area (Å²) in [5.41, 5.74) is -2.32. The van der Waals surface area contributed by atoms with Gasteiger partial charge in [0, 0.05) is 42.9 Å². The molecule has 0 radical (unpaired) electrons. The minimum atomic E-state index is -0.666. The van der Waals surface area contributed by atoms with Crippen LogP contribution in [0.4, 0.5) is 0 Å². The first-order valence-electron chi connectivity index (χ1n) is 54.1. The summed E-state index contributed by atoms with van der Waals surface area (Å²) in [7, 11) is 0. The van der Waals surface area contributed by atoms with Gasteiger partial charge in [-0.3, -0.25) is 57.3 Å². The number of amides is 4. The van der Waals surface area contributed by atoms with Gasteiger partial charge >= 0.3 is 0 Å². The number of imide groups is 2. The van der Waals surface area contributed by atoms with Crippen molar-refractivity contribution in [2.24, 2.45) is 47.3 Å². The predicted molar refractivity (Wildman–Crippen MR) is 523 cm³/mol. The monoisotopic (exact) mass is 1710 g/mol. The van der Waals surface area contributed by atoms with Crippen LogP contribution in [0.15, 0.2) is 55.6 Å². The molecule has 0 N–H and O–H groups in total. The second-order valence-electron chi connectivity index (χ2n) is 41.1. The average molecular weight is 1710 g/mol. The number of hydrogen-bond donors (Lipinski definition) is 0. The van der Waals surface area contributed by atoms with E-state index < -0.39 is 5.54 Å². The summed E-state index contributed by atoms with van der Waals surface area (Å²) >= 11 is 0. The summed E-state index contributed by atoms with van der Waals surface area (Å²) in [5.74, 6) is 6.15. The molecule has 4 aliphatic rings. The molecule has 2 aliphatic carbocycles. The molecule has 4 amide bonds. The van der Waals surface area contributed by atoms with E-state index in [-0.39, 0.29) is 72.9 Å². The molecule has 0 spiro atoms. The largest absolute Gasteiger partial charge is 0.275 e. The molecule has 10 unspecified atom stereocenters. The van der Waals surface area contributed by atoms with Crippen LogP contribution in [0.3, 0.4) is 0 Å². The summed E-state index contributed by atoms with van der Waals surface area (Å²) in [5, 5.41) is 1.10. The molecule has 12 nitrogen and oxygen atoms in total. The van der Waals surface area contributed by atoms with Crippen molar-refractivity contribution in [2.75, 3.05) is 6.54 Å². The van der Waals surface area contributed by atoms with Gasteiger partial charge in [-0.15, -0.1) is 0 Å². The van der Waals surface area contributed by atoms with Crippen LogP contribution in [-0.2, 0) is 31.3 Å². The molecule has 2 aromatic heterocycles. The molecular formula is C111H188N4O8. The number of hydrogen-bond acceptors (Lipinski definition) is 8. The SMILES string of the molecule is CCCCCCCCCC1CCC(CCCCCCCCC(C)(CCCCCC)n2c(=O)c3cc4c(=O)n(CCCCCCCCC5C(CCCCCCCCC(CC)(CCCCCCC)N6C(=O)C=CC6=O)CCC(CCCCCC)C5CCCCCCCC)c(=O)c4cc3c2=O)C(CCCCCCCCN2C(=O)C=CC2=O)C1CCCCCCCC. The molecule has 3 aromatic rings. The fourth-order valence-electron chi connectivity index (χ4n) is 24.2. The van der Waals surface area contributed by atoms with Gasteiger partial charge in [0.1, 0.15) is 0 Å². The van der Waals surface area contributed by atoms with Crippen molar-refractivity contribution < 1.29 is 19.2 Å². The van der Waals surface area contributed by atoms with Gasteiger partial charge < -0.3 is 0 Å². The summed E-state index contributed by atoms with van der Waals surface area (Å²) < 4.78 is 2.94. The zero-order valence-corrected chi connectivity index (χ0v) is 81.2. The third kappa shape index (κ3) is 35.2. The van der Waals surface area contributed by atoms with Crippen LogP contribution in [0.5, 0.6) is 0 Å². The first-order valence-corrected chi connectivity index (χ1v) is 54.1. The van der Waals surface area contributed by atoms with Gasteiger partial charge in [-0.05, 0) is 163 Å². The second-order valence-corrected chi connectivity index (χ2v) is 41.1. The van der Waals surface area contributed by atoms with Gasteiger partial charge in [0.05, 0.1) is 27.1 Å². The van der Waals surface area contributed by atoms with Crippen molar-refractivity contribution in [3.63, 3.8) is 0 Å². The number of carbonyl (C=O) groups excluding carboxylic acids is 4. The molecule has 1 aromatic carbocycles. The van der Waals surface area contributed by atoms with Gasteiger partial charge in [-0.2, -0.15) is 0 Å². The van der Waals surface area contributed by atoms with Crippen LogP contribution in [0, 0.1) is 47.3 Å². The highest BCUT2D eigenvalue weighted by Crippen LogP contribution is 2.50. The molecule has 7 rings (SSSR count). The molecule has 123 heavy (non-hydrogen) atoms. The van der Waals surface area contributed by atoms with Gasteiger partial charge in [0.25, 0.3) is 45.9 Å². The fourth-order valence-corrected chi connectivity index (χ4v) is 24.2. The summed E-state index contributed by atoms with van der Waals surface area (Å²) in [6, 6.07) is 3.20. The number of nitrogens with zero attached hydrogens (tertiary/aromatic N) is 4.